The minimum Gasteiger partial charge on any atom is -0.353 e. The Balaban J connectivity index is 1.38. The average Bonchev–Trinajstić information content (AvgIpc) is 2.64. The molecule has 5 heteroatoms. The second-order valence-electron chi connectivity index (χ2n) is 7.22. The third-order valence-corrected chi connectivity index (χ3v) is 5.26. The fourth-order valence-electron chi connectivity index (χ4n) is 3.77. The highest BCUT2D eigenvalue weighted by Gasteiger charge is 2.24. The number of piperazine rings is 1. The zero-order valence-corrected chi connectivity index (χ0v) is 15.0. The minimum atomic E-state index is -0.108. The normalized spacial score (nSPS) is 19.6. The fourth-order valence-corrected chi connectivity index (χ4v) is 3.77. The van der Waals surface area contributed by atoms with Crippen molar-refractivity contribution >= 4 is 11.8 Å². The summed E-state index contributed by atoms with van der Waals surface area (Å²) < 4.78 is 0. The Hall–Kier alpha value is -1.88. The van der Waals surface area contributed by atoms with Gasteiger partial charge in [-0.05, 0) is 18.4 Å². The molecule has 0 unspecified atom stereocenters. The van der Waals surface area contributed by atoms with E-state index in [-0.39, 0.29) is 24.3 Å². The number of nitrogens with one attached hydrogen (secondary N) is 1. The van der Waals surface area contributed by atoms with Gasteiger partial charge in [-0.3, -0.25) is 14.5 Å². The lowest BCUT2D eigenvalue weighted by molar-refractivity contribution is -0.137. The van der Waals surface area contributed by atoms with Crippen LogP contribution in [0.2, 0.25) is 0 Å². The topological polar surface area (TPSA) is 52.7 Å². The summed E-state index contributed by atoms with van der Waals surface area (Å²) in [5.74, 6) is -0.142. The van der Waals surface area contributed by atoms with Crippen LogP contribution in [0.1, 0.15) is 44.1 Å². The van der Waals surface area contributed by atoms with Gasteiger partial charge in [0.1, 0.15) is 6.42 Å². The van der Waals surface area contributed by atoms with Gasteiger partial charge >= 0.3 is 0 Å². The number of nitrogens with zero attached hydrogens (tertiary/aromatic N) is 2. The van der Waals surface area contributed by atoms with E-state index in [4.69, 9.17) is 0 Å². The molecule has 1 aromatic carbocycles. The van der Waals surface area contributed by atoms with Crippen LogP contribution in [-0.4, -0.2) is 53.8 Å². The Bertz CT molecular complexity index is 562. The second kappa shape index (κ2) is 8.99. The number of carbonyl (C=O) groups excluding carboxylic acids is 2. The van der Waals surface area contributed by atoms with Crippen molar-refractivity contribution in [3.8, 4) is 0 Å². The molecule has 0 bridgehead atoms. The number of hydrogen-bond donors (Lipinski definition) is 1. The molecule has 1 aliphatic carbocycles. The summed E-state index contributed by atoms with van der Waals surface area (Å²) in [6, 6.07) is 10.7. The van der Waals surface area contributed by atoms with Crippen molar-refractivity contribution in [3.63, 3.8) is 0 Å². The van der Waals surface area contributed by atoms with E-state index in [0.717, 1.165) is 32.5 Å². The first-order valence-electron chi connectivity index (χ1n) is 9.54. The largest absolute Gasteiger partial charge is 0.353 e. The van der Waals surface area contributed by atoms with E-state index in [1.54, 1.807) is 0 Å². The molecule has 1 saturated carbocycles. The maximum Gasteiger partial charge on any atom is 0.232 e. The van der Waals surface area contributed by atoms with E-state index in [0.29, 0.717) is 13.1 Å². The van der Waals surface area contributed by atoms with Gasteiger partial charge in [0.05, 0.1) is 0 Å². The van der Waals surface area contributed by atoms with Crippen LogP contribution in [-0.2, 0) is 16.1 Å². The maximum absolute atomic E-state index is 12.4. The van der Waals surface area contributed by atoms with Gasteiger partial charge in [0.2, 0.25) is 11.8 Å². The van der Waals surface area contributed by atoms with Crippen LogP contribution in [0.4, 0.5) is 0 Å². The van der Waals surface area contributed by atoms with Crippen LogP contribution in [0.5, 0.6) is 0 Å². The first kappa shape index (κ1) is 17.9. The molecule has 1 saturated heterocycles. The Kier molecular flexibility index (Phi) is 6.45. The second-order valence-corrected chi connectivity index (χ2v) is 7.22. The van der Waals surface area contributed by atoms with Gasteiger partial charge in [-0.15, -0.1) is 0 Å². The maximum atomic E-state index is 12.4. The molecule has 0 radical (unpaired) electrons. The Morgan fingerprint density at radius 3 is 2.32 bits per heavy atom. The summed E-state index contributed by atoms with van der Waals surface area (Å²) in [6.45, 7) is 4.07. The zero-order chi connectivity index (χ0) is 17.5. The summed E-state index contributed by atoms with van der Waals surface area (Å²) in [4.78, 5) is 28.7. The molecule has 1 aromatic rings. The van der Waals surface area contributed by atoms with E-state index in [1.165, 1.54) is 24.8 Å². The van der Waals surface area contributed by atoms with Crippen molar-refractivity contribution in [1.82, 2.24) is 15.1 Å². The molecule has 25 heavy (non-hydrogen) atoms. The Morgan fingerprint density at radius 1 is 0.960 bits per heavy atom. The summed E-state index contributed by atoms with van der Waals surface area (Å²) in [7, 11) is 0. The highest BCUT2D eigenvalue weighted by atomic mass is 16.2. The molecule has 0 spiro atoms. The van der Waals surface area contributed by atoms with Crippen LogP contribution in [0.3, 0.4) is 0 Å². The predicted octanol–water partition coefficient (Wildman–Crippen LogP) is 2.17. The lowest BCUT2D eigenvalue weighted by atomic mass is 9.95. The molecule has 0 aromatic heterocycles. The lowest BCUT2D eigenvalue weighted by Gasteiger charge is -2.34. The molecule has 1 aliphatic heterocycles. The van der Waals surface area contributed by atoms with Gasteiger partial charge in [-0.25, -0.2) is 0 Å². The SMILES string of the molecule is O=C(CC(=O)N1CCN(Cc2ccccc2)CC1)NC1CCCCC1. The fraction of sp³-hybridized carbons (Fsp3) is 0.600. The summed E-state index contributed by atoms with van der Waals surface area (Å²) in [5, 5.41) is 3.03. The minimum absolute atomic E-state index is 0.00478. The highest BCUT2D eigenvalue weighted by Crippen LogP contribution is 2.17. The van der Waals surface area contributed by atoms with Gasteiger partial charge < -0.3 is 10.2 Å². The van der Waals surface area contributed by atoms with Crippen LogP contribution < -0.4 is 5.32 Å². The van der Waals surface area contributed by atoms with Gasteiger partial charge in [0.25, 0.3) is 0 Å². The highest BCUT2D eigenvalue weighted by molar-refractivity contribution is 5.97. The number of hydrogen-bond acceptors (Lipinski definition) is 3. The zero-order valence-electron chi connectivity index (χ0n) is 15.0. The molecular weight excluding hydrogens is 314 g/mol. The molecule has 0 atom stereocenters. The smallest absolute Gasteiger partial charge is 0.232 e. The van der Waals surface area contributed by atoms with E-state index >= 15 is 0 Å². The van der Waals surface area contributed by atoms with Crippen molar-refractivity contribution in [2.24, 2.45) is 0 Å². The monoisotopic (exact) mass is 343 g/mol. The standard InChI is InChI=1S/C20H29N3O2/c24-19(21-18-9-5-2-6-10-18)15-20(25)23-13-11-22(12-14-23)16-17-7-3-1-4-8-17/h1,3-4,7-8,18H,2,5-6,9-16H2,(H,21,24). The van der Waals surface area contributed by atoms with Crippen LogP contribution in [0.15, 0.2) is 30.3 Å². The molecule has 5 nitrogen and oxygen atoms in total. The molecule has 3 rings (SSSR count). The van der Waals surface area contributed by atoms with Gasteiger partial charge in [0, 0.05) is 38.8 Å². The van der Waals surface area contributed by atoms with Gasteiger partial charge in [-0.2, -0.15) is 0 Å². The average molecular weight is 343 g/mol. The van der Waals surface area contributed by atoms with Crippen LogP contribution >= 0.6 is 0 Å². The van der Waals surface area contributed by atoms with Gasteiger partial charge in [-0.1, -0.05) is 49.6 Å². The third-order valence-electron chi connectivity index (χ3n) is 5.26. The van der Waals surface area contributed by atoms with Crippen molar-refractivity contribution in [1.29, 1.82) is 0 Å². The van der Waals surface area contributed by atoms with E-state index in [1.807, 2.05) is 11.0 Å². The van der Waals surface area contributed by atoms with Gasteiger partial charge in [0.15, 0.2) is 0 Å². The lowest BCUT2D eigenvalue weighted by Crippen LogP contribution is -2.49. The predicted molar refractivity (Wildman–Crippen MR) is 97.9 cm³/mol. The number of rotatable bonds is 5. The van der Waals surface area contributed by atoms with Crippen LogP contribution in [0.25, 0.3) is 0 Å². The van der Waals surface area contributed by atoms with E-state index in [9.17, 15) is 9.59 Å². The summed E-state index contributed by atoms with van der Waals surface area (Å²) in [6.07, 6.45) is 5.73. The van der Waals surface area contributed by atoms with Crippen molar-refractivity contribution in [2.45, 2.75) is 51.1 Å². The van der Waals surface area contributed by atoms with E-state index in [2.05, 4.69) is 34.5 Å². The first-order valence-corrected chi connectivity index (χ1v) is 9.54. The third kappa shape index (κ3) is 5.56. The summed E-state index contributed by atoms with van der Waals surface area (Å²) >= 11 is 0. The number of carbonyl (C=O) groups is 2. The van der Waals surface area contributed by atoms with Crippen molar-refractivity contribution in [3.05, 3.63) is 35.9 Å². The quantitative estimate of drug-likeness (QED) is 0.834. The van der Waals surface area contributed by atoms with Crippen molar-refractivity contribution in [2.75, 3.05) is 26.2 Å². The molecule has 2 aliphatic rings. The summed E-state index contributed by atoms with van der Waals surface area (Å²) in [5.41, 5.74) is 1.30. The van der Waals surface area contributed by atoms with Crippen LogP contribution in [0, 0.1) is 0 Å². The van der Waals surface area contributed by atoms with E-state index < -0.39 is 0 Å². The Labute approximate surface area is 150 Å². The number of benzene rings is 1. The molecule has 1 N–H and O–H groups in total. The number of amides is 2. The molecule has 2 amide bonds. The molecular formula is C20H29N3O2. The molecule has 1 heterocycles. The first-order chi connectivity index (χ1) is 12.2. The van der Waals surface area contributed by atoms with Crippen molar-refractivity contribution < 1.29 is 9.59 Å². The molecule has 2 fully saturated rings. The Morgan fingerprint density at radius 2 is 1.64 bits per heavy atom. The molecule has 136 valence electrons.